The molecule has 1 amide bonds. The molecule has 22 heavy (non-hydrogen) atoms. The molecule has 0 radical (unpaired) electrons. The van der Waals surface area contributed by atoms with Crippen LogP contribution in [0.4, 0.5) is 10.3 Å². The highest BCUT2D eigenvalue weighted by atomic mass is 35.5. The van der Waals surface area contributed by atoms with E-state index in [2.05, 4.69) is 15.3 Å². The van der Waals surface area contributed by atoms with Crippen LogP contribution >= 0.6 is 34.5 Å². The van der Waals surface area contributed by atoms with E-state index in [9.17, 15) is 9.18 Å². The lowest BCUT2D eigenvalue weighted by Crippen LogP contribution is -2.41. The van der Waals surface area contributed by atoms with E-state index in [-0.39, 0.29) is 17.5 Å². The van der Waals surface area contributed by atoms with Crippen molar-refractivity contribution in [2.24, 2.45) is 0 Å². The number of rotatable bonds is 5. The number of nitrogens with one attached hydrogen (secondary N) is 1. The fourth-order valence-corrected chi connectivity index (χ4v) is 3.05. The second kappa shape index (κ2) is 7.21. The number of hydrogen-bond donors (Lipinski definition) is 1. The third kappa shape index (κ3) is 3.85. The lowest BCUT2D eigenvalue weighted by Gasteiger charge is -2.24. The molecule has 118 valence electrons. The van der Waals surface area contributed by atoms with Gasteiger partial charge in [-0.2, -0.15) is 0 Å². The minimum atomic E-state index is -0.500. The lowest BCUT2D eigenvalue weighted by molar-refractivity contribution is 0.0952. The Hall–Kier alpha value is -1.44. The number of likely N-dealkylation sites (N-methyl/N-ethyl adjacent to an activating group) is 1. The standard InChI is InChI=1S/C13H13Cl2FN4OS/c1-7(20(2)13-18-4-8(16)5-19-13)3-17-12(21)10-9(14)6-22-11(10)15/h4-7H,3H2,1-2H3,(H,17,21). The number of aromatic nitrogens is 2. The van der Waals surface area contributed by atoms with E-state index in [0.717, 1.165) is 12.4 Å². The van der Waals surface area contributed by atoms with Crippen LogP contribution < -0.4 is 10.2 Å². The molecule has 9 heteroatoms. The molecule has 2 aromatic heterocycles. The molecule has 0 saturated carbocycles. The SMILES string of the molecule is CC(CNC(=O)c1c(Cl)csc1Cl)N(C)c1ncc(F)cn1. The Morgan fingerprint density at radius 1 is 1.45 bits per heavy atom. The molecule has 5 nitrogen and oxygen atoms in total. The second-order valence-electron chi connectivity index (χ2n) is 4.60. The first kappa shape index (κ1) is 16.9. The molecule has 0 fully saturated rings. The van der Waals surface area contributed by atoms with Gasteiger partial charge in [-0.3, -0.25) is 4.79 Å². The van der Waals surface area contributed by atoms with Crippen LogP contribution in [-0.4, -0.2) is 35.5 Å². The minimum absolute atomic E-state index is 0.106. The molecule has 0 spiro atoms. The summed E-state index contributed by atoms with van der Waals surface area (Å²) in [6.07, 6.45) is 2.18. The predicted molar refractivity (Wildman–Crippen MR) is 86.5 cm³/mol. The molecule has 0 bridgehead atoms. The number of anilines is 1. The highest BCUT2D eigenvalue weighted by Gasteiger charge is 2.19. The third-order valence-corrected chi connectivity index (χ3v) is 4.72. The topological polar surface area (TPSA) is 58.1 Å². The maximum absolute atomic E-state index is 12.8. The van der Waals surface area contributed by atoms with Gasteiger partial charge in [0, 0.05) is 25.0 Å². The molecular weight excluding hydrogens is 350 g/mol. The normalized spacial score (nSPS) is 12.0. The molecular formula is C13H13Cl2FN4OS. The van der Waals surface area contributed by atoms with Crippen molar-refractivity contribution >= 4 is 46.4 Å². The lowest BCUT2D eigenvalue weighted by atomic mass is 10.2. The van der Waals surface area contributed by atoms with Crippen molar-refractivity contribution in [1.82, 2.24) is 15.3 Å². The van der Waals surface area contributed by atoms with Crippen molar-refractivity contribution < 1.29 is 9.18 Å². The van der Waals surface area contributed by atoms with Crippen LogP contribution in [0.25, 0.3) is 0 Å². The van der Waals surface area contributed by atoms with Gasteiger partial charge in [0.1, 0.15) is 4.34 Å². The molecule has 2 rings (SSSR count). The predicted octanol–water partition coefficient (Wildman–Crippen LogP) is 3.24. The van der Waals surface area contributed by atoms with Crippen LogP contribution in [0.15, 0.2) is 17.8 Å². The maximum atomic E-state index is 12.8. The number of halogens is 3. The molecule has 1 unspecified atom stereocenters. The minimum Gasteiger partial charge on any atom is -0.350 e. The third-order valence-electron chi connectivity index (χ3n) is 3.07. The molecule has 2 heterocycles. The number of carbonyl (C=O) groups is 1. The van der Waals surface area contributed by atoms with Crippen molar-refractivity contribution in [1.29, 1.82) is 0 Å². The highest BCUT2D eigenvalue weighted by Crippen LogP contribution is 2.31. The number of hydrogen-bond acceptors (Lipinski definition) is 5. The van der Waals surface area contributed by atoms with Gasteiger partial charge in [-0.25, -0.2) is 14.4 Å². The molecule has 2 aromatic rings. The Balaban J connectivity index is 1.96. The smallest absolute Gasteiger partial charge is 0.255 e. The first-order valence-corrected chi connectivity index (χ1v) is 7.94. The van der Waals surface area contributed by atoms with Crippen LogP contribution in [0.2, 0.25) is 9.36 Å². The van der Waals surface area contributed by atoms with Gasteiger partial charge < -0.3 is 10.2 Å². The van der Waals surface area contributed by atoms with Gasteiger partial charge in [-0.15, -0.1) is 11.3 Å². The van der Waals surface area contributed by atoms with E-state index in [1.54, 1.807) is 17.3 Å². The largest absolute Gasteiger partial charge is 0.350 e. The summed E-state index contributed by atoms with van der Waals surface area (Å²) in [5.41, 5.74) is 0.279. The van der Waals surface area contributed by atoms with E-state index in [4.69, 9.17) is 23.2 Å². The Kier molecular flexibility index (Phi) is 5.55. The number of nitrogens with zero attached hydrogens (tertiary/aromatic N) is 3. The molecule has 0 aliphatic heterocycles. The van der Waals surface area contributed by atoms with Crippen LogP contribution in [0.5, 0.6) is 0 Å². The molecule has 0 aliphatic rings. The quantitative estimate of drug-likeness (QED) is 0.886. The fraction of sp³-hybridized carbons (Fsp3) is 0.308. The zero-order valence-corrected chi connectivity index (χ0v) is 14.1. The van der Waals surface area contributed by atoms with Gasteiger partial charge in [0.15, 0.2) is 5.82 Å². The summed E-state index contributed by atoms with van der Waals surface area (Å²) in [4.78, 5) is 21.6. The Labute approximate surface area is 141 Å². The molecule has 1 N–H and O–H groups in total. The van der Waals surface area contributed by atoms with Crippen molar-refractivity contribution in [2.75, 3.05) is 18.5 Å². The van der Waals surface area contributed by atoms with E-state index in [0.29, 0.717) is 21.9 Å². The second-order valence-corrected chi connectivity index (χ2v) is 6.49. The number of carbonyl (C=O) groups excluding carboxylic acids is 1. The Morgan fingerprint density at radius 2 is 2.09 bits per heavy atom. The zero-order chi connectivity index (χ0) is 16.3. The van der Waals surface area contributed by atoms with Gasteiger partial charge >= 0.3 is 0 Å². The average Bonchev–Trinajstić information content (AvgIpc) is 2.83. The Bertz CT molecular complexity index is 645. The summed E-state index contributed by atoms with van der Waals surface area (Å²) in [5.74, 6) is -0.467. The molecule has 0 aliphatic carbocycles. The van der Waals surface area contributed by atoms with Crippen molar-refractivity contribution in [3.8, 4) is 0 Å². The fourth-order valence-electron chi connectivity index (χ4n) is 1.66. The van der Waals surface area contributed by atoms with Crippen LogP contribution in [0, 0.1) is 5.82 Å². The van der Waals surface area contributed by atoms with Crippen LogP contribution in [0.1, 0.15) is 17.3 Å². The summed E-state index contributed by atoms with van der Waals surface area (Å²) in [5, 5.41) is 4.70. The van der Waals surface area contributed by atoms with E-state index in [1.165, 1.54) is 11.3 Å². The number of amides is 1. The summed E-state index contributed by atoms with van der Waals surface area (Å²) in [6, 6.07) is -0.106. The summed E-state index contributed by atoms with van der Waals surface area (Å²) < 4.78 is 13.2. The van der Waals surface area contributed by atoms with Gasteiger partial charge in [0.05, 0.1) is 23.0 Å². The first-order valence-electron chi connectivity index (χ1n) is 6.31. The van der Waals surface area contributed by atoms with Crippen molar-refractivity contribution in [3.05, 3.63) is 38.5 Å². The van der Waals surface area contributed by atoms with E-state index >= 15 is 0 Å². The monoisotopic (exact) mass is 362 g/mol. The highest BCUT2D eigenvalue weighted by molar-refractivity contribution is 7.15. The van der Waals surface area contributed by atoms with Crippen molar-refractivity contribution in [3.63, 3.8) is 0 Å². The van der Waals surface area contributed by atoms with Crippen LogP contribution in [0.3, 0.4) is 0 Å². The zero-order valence-electron chi connectivity index (χ0n) is 11.8. The number of thiophene rings is 1. The summed E-state index contributed by atoms with van der Waals surface area (Å²) >= 11 is 13.1. The van der Waals surface area contributed by atoms with Crippen LogP contribution in [-0.2, 0) is 0 Å². The summed E-state index contributed by atoms with van der Waals surface area (Å²) in [7, 11) is 1.76. The van der Waals surface area contributed by atoms with Crippen molar-refractivity contribution in [2.45, 2.75) is 13.0 Å². The summed E-state index contributed by atoms with van der Waals surface area (Å²) in [6.45, 7) is 2.21. The van der Waals surface area contributed by atoms with Gasteiger partial charge in [0.25, 0.3) is 5.91 Å². The van der Waals surface area contributed by atoms with Gasteiger partial charge in [-0.05, 0) is 6.92 Å². The van der Waals surface area contributed by atoms with Gasteiger partial charge in [0.2, 0.25) is 5.95 Å². The van der Waals surface area contributed by atoms with E-state index in [1.807, 2.05) is 6.92 Å². The Morgan fingerprint density at radius 3 is 2.64 bits per heavy atom. The first-order chi connectivity index (χ1) is 10.4. The van der Waals surface area contributed by atoms with Gasteiger partial charge in [-0.1, -0.05) is 23.2 Å². The maximum Gasteiger partial charge on any atom is 0.255 e. The molecule has 0 aromatic carbocycles. The van der Waals surface area contributed by atoms with E-state index < -0.39 is 5.82 Å². The molecule has 0 saturated heterocycles. The average molecular weight is 363 g/mol. The molecule has 1 atom stereocenters.